The Morgan fingerprint density at radius 2 is 2.09 bits per heavy atom. The molecule has 0 saturated carbocycles. The third-order valence-corrected chi connectivity index (χ3v) is 6.50. The van der Waals surface area contributed by atoms with Gasteiger partial charge in [0.15, 0.2) is 0 Å². The summed E-state index contributed by atoms with van der Waals surface area (Å²) in [5.74, 6) is 0.424. The van der Waals surface area contributed by atoms with Crippen molar-refractivity contribution in [1.29, 1.82) is 5.26 Å². The molecule has 7 heteroatoms. The van der Waals surface area contributed by atoms with Crippen LogP contribution in [0.5, 0.6) is 0 Å². The number of hydrogen-bond acceptors (Lipinski definition) is 3. The Labute approximate surface area is 137 Å². The predicted octanol–water partition coefficient (Wildman–Crippen LogP) is 1.36. The summed E-state index contributed by atoms with van der Waals surface area (Å²) in [5.41, 5.74) is 3.04. The fourth-order valence-corrected chi connectivity index (χ4v) is 4.46. The average Bonchev–Trinajstić information content (AvgIpc) is 2.97. The van der Waals surface area contributed by atoms with Gasteiger partial charge in [-0.1, -0.05) is 11.5 Å². The van der Waals surface area contributed by atoms with Crippen molar-refractivity contribution in [2.45, 2.75) is 25.7 Å². The summed E-state index contributed by atoms with van der Waals surface area (Å²) in [6, 6.07) is 5.71. The van der Waals surface area contributed by atoms with Crippen molar-refractivity contribution >= 4 is 34.2 Å². The standard InChI is InChI=1S/C16H18BN3O2S/c1-2-23(21,22)20-5-3-11(4-6-20)15-10-19-16-12(9-18)7-13(17)8-14(15)16/h7-8,10-11,19H,2-6H2,1H3. The Hall–Kier alpha value is -1.78. The average molecular weight is 327 g/mol. The maximum Gasteiger partial charge on any atom is 0.213 e. The quantitative estimate of drug-likeness (QED) is 0.865. The van der Waals surface area contributed by atoms with E-state index in [9.17, 15) is 13.7 Å². The van der Waals surface area contributed by atoms with Crippen LogP contribution in [0.3, 0.4) is 0 Å². The molecule has 1 aliphatic rings. The number of fused-ring (bicyclic) bond motifs is 1. The zero-order valence-corrected chi connectivity index (χ0v) is 13.9. The third-order valence-electron chi connectivity index (χ3n) is 4.62. The molecule has 1 fully saturated rings. The number of nitrogens with one attached hydrogen (secondary N) is 1. The van der Waals surface area contributed by atoms with Gasteiger partial charge in [0, 0.05) is 24.7 Å². The van der Waals surface area contributed by atoms with E-state index in [4.69, 9.17) is 7.85 Å². The van der Waals surface area contributed by atoms with Gasteiger partial charge in [0.25, 0.3) is 0 Å². The molecule has 1 aromatic heterocycles. The van der Waals surface area contributed by atoms with Crippen LogP contribution in [-0.2, 0) is 10.0 Å². The van der Waals surface area contributed by atoms with Gasteiger partial charge in [-0.3, -0.25) is 0 Å². The van der Waals surface area contributed by atoms with Crippen molar-refractivity contribution in [2.24, 2.45) is 0 Å². The molecule has 1 saturated heterocycles. The number of H-pyrrole nitrogens is 1. The highest BCUT2D eigenvalue weighted by molar-refractivity contribution is 7.89. The number of nitriles is 1. The highest BCUT2D eigenvalue weighted by Gasteiger charge is 2.28. The summed E-state index contributed by atoms with van der Waals surface area (Å²) >= 11 is 0. The first-order chi connectivity index (χ1) is 11.0. The lowest BCUT2D eigenvalue weighted by Gasteiger charge is -2.30. The minimum absolute atomic E-state index is 0.146. The van der Waals surface area contributed by atoms with E-state index in [1.807, 2.05) is 12.3 Å². The van der Waals surface area contributed by atoms with Crippen LogP contribution >= 0.6 is 0 Å². The van der Waals surface area contributed by atoms with Crippen molar-refractivity contribution in [3.63, 3.8) is 0 Å². The van der Waals surface area contributed by atoms with E-state index in [2.05, 4.69) is 11.1 Å². The fourth-order valence-electron chi connectivity index (χ4n) is 3.33. The SMILES string of the molecule is [B]c1cc(C#N)c2[nH]cc(C3CCN(S(=O)(=O)CC)CC3)c2c1. The Morgan fingerprint density at radius 1 is 1.39 bits per heavy atom. The first kappa shape index (κ1) is 16.1. The molecule has 118 valence electrons. The zero-order valence-electron chi connectivity index (χ0n) is 13.0. The van der Waals surface area contributed by atoms with Crippen LogP contribution in [0.15, 0.2) is 18.3 Å². The molecule has 2 heterocycles. The van der Waals surface area contributed by atoms with Gasteiger partial charge in [0.05, 0.1) is 16.8 Å². The minimum Gasteiger partial charge on any atom is -0.360 e. The fraction of sp³-hybridized carbons (Fsp3) is 0.438. The number of hydrogen-bond donors (Lipinski definition) is 1. The summed E-state index contributed by atoms with van der Waals surface area (Å²) in [6.45, 7) is 2.76. The maximum atomic E-state index is 12.0. The van der Waals surface area contributed by atoms with Crippen molar-refractivity contribution in [3.05, 3.63) is 29.5 Å². The molecule has 0 atom stereocenters. The highest BCUT2D eigenvalue weighted by Crippen LogP contribution is 2.34. The van der Waals surface area contributed by atoms with E-state index in [0.29, 0.717) is 24.1 Å². The van der Waals surface area contributed by atoms with Crippen LogP contribution < -0.4 is 5.46 Å². The molecule has 2 radical (unpaired) electrons. The van der Waals surface area contributed by atoms with Crippen LogP contribution in [0.2, 0.25) is 0 Å². The van der Waals surface area contributed by atoms with E-state index in [1.54, 1.807) is 17.3 Å². The molecule has 0 bridgehead atoms. The predicted molar refractivity (Wildman–Crippen MR) is 91.4 cm³/mol. The normalized spacial score (nSPS) is 17.4. The van der Waals surface area contributed by atoms with Gasteiger partial charge < -0.3 is 4.98 Å². The van der Waals surface area contributed by atoms with Gasteiger partial charge in [0.2, 0.25) is 10.0 Å². The Kier molecular flexibility index (Phi) is 4.22. The second-order valence-electron chi connectivity index (χ2n) is 5.92. The number of nitrogens with zero attached hydrogens (tertiary/aromatic N) is 2. The highest BCUT2D eigenvalue weighted by atomic mass is 32.2. The lowest BCUT2D eigenvalue weighted by molar-refractivity contribution is 0.321. The third kappa shape index (κ3) is 2.89. The Morgan fingerprint density at radius 3 is 2.70 bits per heavy atom. The Bertz CT molecular complexity index is 875. The van der Waals surface area contributed by atoms with Crippen LogP contribution in [0.1, 0.15) is 36.8 Å². The van der Waals surface area contributed by atoms with Crippen LogP contribution in [0.25, 0.3) is 10.9 Å². The molecule has 0 aliphatic carbocycles. The maximum absolute atomic E-state index is 12.0. The summed E-state index contributed by atoms with van der Waals surface area (Å²) < 4.78 is 25.5. The van der Waals surface area contributed by atoms with Crippen LogP contribution in [0.4, 0.5) is 0 Å². The first-order valence-electron chi connectivity index (χ1n) is 7.74. The number of aromatic amines is 1. The largest absolute Gasteiger partial charge is 0.360 e. The molecule has 2 aromatic rings. The van der Waals surface area contributed by atoms with Crippen molar-refractivity contribution < 1.29 is 8.42 Å². The molecule has 1 aromatic carbocycles. The second kappa shape index (κ2) is 6.02. The first-order valence-corrected chi connectivity index (χ1v) is 9.35. The molecule has 0 unspecified atom stereocenters. The topological polar surface area (TPSA) is 77.0 Å². The summed E-state index contributed by atoms with van der Waals surface area (Å²) in [7, 11) is 2.79. The van der Waals surface area contributed by atoms with Gasteiger partial charge in [-0.15, -0.1) is 0 Å². The smallest absolute Gasteiger partial charge is 0.213 e. The molecule has 1 N–H and O–H groups in total. The molecule has 1 aliphatic heterocycles. The van der Waals surface area contributed by atoms with E-state index in [-0.39, 0.29) is 11.7 Å². The van der Waals surface area contributed by atoms with Gasteiger partial charge in [-0.05, 0) is 37.3 Å². The summed E-state index contributed by atoms with van der Waals surface area (Å²) in [5, 5.41) is 10.2. The number of aromatic nitrogens is 1. The van der Waals surface area contributed by atoms with Crippen LogP contribution in [-0.4, -0.2) is 44.4 Å². The lowest BCUT2D eigenvalue weighted by Crippen LogP contribution is -2.38. The van der Waals surface area contributed by atoms with E-state index >= 15 is 0 Å². The van der Waals surface area contributed by atoms with Gasteiger partial charge in [-0.25, -0.2) is 12.7 Å². The monoisotopic (exact) mass is 327 g/mol. The zero-order chi connectivity index (χ0) is 16.6. The van der Waals surface area contributed by atoms with E-state index < -0.39 is 10.0 Å². The molecular formula is C16H18BN3O2S. The molecule has 5 nitrogen and oxygen atoms in total. The summed E-state index contributed by atoms with van der Waals surface area (Å²) in [4.78, 5) is 3.17. The van der Waals surface area contributed by atoms with Crippen molar-refractivity contribution in [3.8, 4) is 6.07 Å². The number of sulfonamides is 1. The minimum atomic E-state index is -3.11. The van der Waals surface area contributed by atoms with Crippen molar-refractivity contribution in [2.75, 3.05) is 18.8 Å². The lowest BCUT2D eigenvalue weighted by atomic mass is 9.86. The molecule has 3 rings (SSSR count). The second-order valence-corrected chi connectivity index (χ2v) is 8.18. The van der Waals surface area contributed by atoms with E-state index in [0.717, 1.165) is 29.3 Å². The van der Waals surface area contributed by atoms with Crippen molar-refractivity contribution in [1.82, 2.24) is 9.29 Å². The van der Waals surface area contributed by atoms with E-state index in [1.165, 1.54) is 0 Å². The van der Waals surface area contributed by atoms with Gasteiger partial charge >= 0.3 is 0 Å². The molecule has 23 heavy (non-hydrogen) atoms. The number of rotatable bonds is 3. The number of benzene rings is 1. The molecular weight excluding hydrogens is 309 g/mol. The van der Waals surface area contributed by atoms with Gasteiger partial charge in [-0.2, -0.15) is 5.26 Å². The summed E-state index contributed by atoms with van der Waals surface area (Å²) in [6.07, 6.45) is 3.49. The Balaban J connectivity index is 1.89. The van der Waals surface area contributed by atoms with Gasteiger partial charge in [0.1, 0.15) is 13.9 Å². The molecule has 0 spiro atoms. The number of piperidine rings is 1. The molecule has 0 amide bonds. The van der Waals surface area contributed by atoms with Crippen LogP contribution in [0, 0.1) is 11.3 Å².